The molecule has 0 unspecified atom stereocenters. The van der Waals surface area contributed by atoms with Crippen LogP contribution in [0, 0.1) is 6.92 Å². The first kappa shape index (κ1) is 17.4. The molecule has 0 aliphatic heterocycles. The van der Waals surface area contributed by atoms with Gasteiger partial charge in [0.25, 0.3) is 5.91 Å². The van der Waals surface area contributed by atoms with Gasteiger partial charge in [0.1, 0.15) is 5.78 Å². The monoisotopic (exact) mass is 339 g/mol. The molecule has 1 aromatic carbocycles. The van der Waals surface area contributed by atoms with Gasteiger partial charge in [0.15, 0.2) is 5.69 Å². The van der Waals surface area contributed by atoms with Crippen molar-refractivity contribution in [2.24, 2.45) is 0 Å². The van der Waals surface area contributed by atoms with Crippen molar-refractivity contribution >= 4 is 11.7 Å². The number of aryl methyl sites for hydroxylation is 1. The Hall–Kier alpha value is -2.43. The Morgan fingerprint density at radius 2 is 1.96 bits per heavy atom. The molecular formula is C20H25N3O2. The Balaban J connectivity index is 2.06. The van der Waals surface area contributed by atoms with E-state index in [1.54, 1.807) is 4.90 Å². The summed E-state index contributed by atoms with van der Waals surface area (Å²) in [4.78, 5) is 26.3. The predicted molar refractivity (Wildman–Crippen MR) is 97.2 cm³/mol. The molecule has 1 aromatic heterocycles. The van der Waals surface area contributed by atoms with E-state index in [1.165, 1.54) is 6.92 Å². The summed E-state index contributed by atoms with van der Waals surface area (Å²) in [5.74, 6) is -0.160. The third-order valence-corrected chi connectivity index (χ3v) is 4.75. The molecule has 25 heavy (non-hydrogen) atoms. The molecular weight excluding hydrogens is 314 g/mol. The number of aromatic nitrogens is 2. The van der Waals surface area contributed by atoms with E-state index in [4.69, 9.17) is 0 Å². The van der Waals surface area contributed by atoms with Gasteiger partial charge in [0, 0.05) is 17.3 Å². The molecule has 0 spiro atoms. The van der Waals surface area contributed by atoms with Crippen molar-refractivity contribution < 1.29 is 9.59 Å². The summed E-state index contributed by atoms with van der Waals surface area (Å²) >= 11 is 0. The zero-order valence-electron chi connectivity index (χ0n) is 15.4. The van der Waals surface area contributed by atoms with Crippen molar-refractivity contribution in [2.75, 3.05) is 6.54 Å². The van der Waals surface area contributed by atoms with E-state index >= 15 is 0 Å². The molecule has 5 nitrogen and oxygen atoms in total. The lowest BCUT2D eigenvalue weighted by Gasteiger charge is -2.25. The van der Waals surface area contributed by atoms with Crippen LogP contribution in [0.1, 0.15) is 54.5 Å². The van der Waals surface area contributed by atoms with Crippen LogP contribution in [-0.2, 0) is 17.6 Å². The molecule has 5 heteroatoms. The summed E-state index contributed by atoms with van der Waals surface area (Å²) < 4.78 is 1.93. The topological polar surface area (TPSA) is 55.2 Å². The summed E-state index contributed by atoms with van der Waals surface area (Å²) in [5.41, 5.74) is 4.82. The zero-order chi connectivity index (χ0) is 18.1. The molecule has 0 saturated carbocycles. The van der Waals surface area contributed by atoms with Crippen LogP contribution in [-0.4, -0.2) is 39.0 Å². The van der Waals surface area contributed by atoms with Crippen LogP contribution >= 0.6 is 0 Å². The maximum Gasteiger partial charge on any atom is 0.275 e. The van der Waals surface area contributed by atoms with Crippen LogP contribution in [0.4, 0.5) is 0 Å². The zero-order valence-corrected chi connectivity index (χ0v) is 15.4. The summed E-state index contributed by atoms with van der Waals surface area (Å²) in [6.07, 6.45) is 2.83. The number of ketones is 1. The number of nitrogens with zero attached hydrogens (tertiary/aromatic N) is 3. The van der Waals surface area contributed by atoms with E-state index in [-0.39, 0.29) is 24.3 Å². The molecule has 2 aromatic rings. The second kappa shape index (κ2) is 6.82. The number of hydrogen-bond acceptors (Lipinski definition) is 3. The van der Waals surface area contributed by atoms with E-state index in [2.05, 4.69) is 18.1 Å². The minimum absolute atomic E-state index is 0.0166. The van der Waals surface area contributed by atoms with E-state index < -0.39 is 0 Å². The number of benzene rings is 1. The van der Waals surface area contributed by atoms with Gasteiger partial charge in [0.05, 0.1) is 12.2 Å². The van der Waals surface area contributed by atoms with Crippen molar-refractivity contribution in [1.29, 1.82) is 0 Å². The number of Topliss-reactive ketones (excluding diaryl/α,β-unsaturated/α-hetero) is 1. The number of amides is 1. The van der Waals surface area contributed by atoms with Gasteiger partial charge in [-0.3, -0.25) is 9.59 Å². The van der Waals surface area contributed by atoms with E-state index in [9.17, 15) is 9.59 Å². The van der Waals surface area contributed by atoms with Gasteiger partial charge in [-0.2, -0.15) is 5.10 Å². The van der Waals surface area contributed by atoms with Crippen LogP contribution in [0.3, 0.4) is 0 Å². The van der Waals surface area contributed by atoms with Gasteiger partial charge in [-0.25, -0.2) is 4.68 Å². The fourth-order valence-corrected chi connectivity index (χ4v) is 3.47. The largest absolute Gasteiger partial charge is 0.328 e. The van der Waals surface area contributed by atoms with Crippen LogP contribution in [0.25, 0.3) is 5.69 Å². The highest BCUT2D eigenvalue weighted by Gasteiger charge is 2.31. The fourth-order valence-electron chi connectivity index (χ4n) is 3.47. The van der Waals surface area contributed by atoms with Crippen molar-refractivity contribution in [2.45, 2.75) is 53.0 Å². The maximum absolute atomic E-state index is 13.1. The second-order valence-corrected chi connectivity index (χ2v) is 7.05. The number of carbonyl (C=O) groups excluding carboxylic acids is 2. The minimum Gasteiger partial charge on any atom is -0.328 e. The summed E-state index contributed by atoms with van der Waals surface area (Å²) in [7, 11) is 0. The van der Waals surface area contributed by atoms with Crippen LogP contribution < -0.4 is 0 Å². The van der Waals surface area contributed by atoms with E-state index in [0.29, 0.717) is 5.69 Å². The molecule has 0 N–H and O–H groups in total. The average molecular weight is 339 g/mol. The Kier molecular flexibility index (Phi) is 4.75. The Labute approximate surface area is 148 Å². The molecule has 0 fully saturated rings. The summed E-state index contributed by atoms with van der Waals surface area (Å²) in [5, 5.41) is 4.69. The molecule has 1 amide bonds. The third kappa shape index (κ3) is 3.23. The Bertz CT molecular complexity index is 820. The van der Waals surface area contributed by atoms with Crippen LogP contribution in [0.5, 0.6) is 0 Å². The third-order valence-electron chi connectivity index (χ3n) is 4.75. The highest BCUT2D eigenvalue weighted by molar-refractivity contribution is 5.96. The molecule has 3 rings (SSSR count). The first-order chi connectivity index (χ1) is 11.9. The average Bonchev–Trinajstić information content (AvgIpc) is 3.14. The molecule has 0 bridgehead atoms. The smallest absolute Gasteiger partial charge is 0.275 e. The molecule has 0 atom stereocenters. The first-order valence-electron chi connectivity index (χ1n) is 8.87. The van der Waals surface area contributed by atoms with Crippen molar-refractivity contribution in [3.63, 3.8) is 0 Å². The normalized spacial score (nSPS) is 13.2. The number of rotatable bonds is 5. The van der Waals surface area contributed by atoms with Crippen LogP contribution in [0.2, 0.25) is 0 Å². The van der Waals surface area contributed by atoms with Gasteiger partial charge in [-0.05, 0) is 58.6 Å². The highest BCUT2D eigenvalue weighted by Crippen LogP contribution is 2.29. The van der Waals surface area contributed by atoms with Gasteiger partial charge in [0.2, 0.25) is 0 Å². The second-order valence-electron chi connectivity index (χ2n) is 7.05. The Morgan fingerprint density at radius 3 is 2.60 bits per heavy atom. The molecule has 1 heterocycles. The molecule has 1 aliphatic rings. The lowest BCUT2D eigenvalue weighted by Crippen LogP contribution is -2.40. The number of hydrogen-bond donors (Lipinski definition) is 0. The predicted octanol–water partition coefficient (Wildman–Crippen LogP) is 3.11. The molecule has 0 radical (unpaired) electrons. The Morgan fingerprint density at radius 1 is 1.24 bits per heavy atom. The summed E-state index contributed by atoms with van der Waals surface area (Å²) in [6.45, 7) is 7.55. The van der Waals surface area contributed by atoms with E-state index in [1.807, 2.05) is 36.7 Å². The SMILES string of the molecule is CC(=O)CN(C(=O)c1nn(-c2ccccc2C)c2c1CCC2)C(C)C. The van der Waals surface area contributed by atoms with Crippen molar-refractivity contribution in [1.82, 2.24) is 14.7 Å². The molecule has 1 aliphatic carbocycles. The van der Waals surface area contributed by atoms with Crippen molar-refractivity contribution in [3.05, 3.63) is 46.8 Å². The van der Waals surface area contributed by atoms with Gasteiger partial charge in [-0.15, -0.1) is 0 Å². The molecule has 0 saturated heterocycles. The number of para-hydroxylation sites is 1. The lowest BCUT2D eigenvalue weighted by molar-refractivity contribution is -0.118. The van der Waals surface area contributed by atoms with Gasteiger partial charge >= 0.3 is 0 Å². The van der Waals surface area contributed by atoms with E-state index in [0.717, 1.165) is 41.8 Å². The number of carbonyl (C=O) groups is 2. The van der Waals surface area contributed by atoms with Crippen LogP contribution in [0.15, 0.2) is 24.3 Å². The number of fused-ring (bicyclic) bond motifs is 1. The van der Waals surface area contributed by atoms with Gasteiger partial charge < -0.3 is 4.90 Å². The van der Waals surface area contributed by atoms with Gasteiger partial charge in [-0.1, -0.05) is 18.2 Å². The highest BCUT2D eigenvalue weighted by atomic mass is 16.2. The summed E-state index contributed by atoms with van der Waals surface area (Å²) in [6, 6.07) is 8.03. The lowest BCUT2D eigenvalue weighted by atomic mass is 10.1. The maximum atomic E-state index is 13.1. The quantitative estimate of drug-likeness (QED) is 0.841. The fraction of sp³-hybridized carbons (Fsp3) is 0.450. The standard InChI is InChI=1S/C20H25N3O2/c1-13(2)22(12-15(4)24)20(25)19-16-9-7-11-18(16)23(21-19)17-10-6-5-8-14(17)3/h5-6,8,10,13H,7,9,11-12H2,1-4H3. The van der Waals surface area contributed by atoms with Crippen molar-refractivity contribution in [3.8, 4) is 5.69 Å². The minimum atomic E-state index is -0.143. The first-order valence-corrected chi connectivity index (χ1v) is 8.87. The molecule has 132 valence electrons.